The minimum atomic E-state index is -4.06. The Morgan fingerprint density at radius 1 is 1.14 bits per heavy atom. The molecule has 1 aromatic heterocycles. The summed E-state index contributed by atoms with van der Waals surface area (Å²) in [5.41, 5.74) is 1.67. The molecule has 0 fully saturated rings. The molecule has 0 bridgehead atoms. The quantitative estimate of drug-likeness (QED) is 0.403. The van der Waals surface area contributed by atoms with Crippen LogP contribution in [0.4, 0.5) is 5.69 Å². The van der Waals surface area contributed by atoms with Crippen LogP contribution in [0.5, 0.6) is 11.6 Å². The van der Waals surface area contributed by atoms with E-state index in [0.29, 0.717) is 5.69 Å². The van der Waals surface area contributed by atoms with Gasteiger partial charge in [-0.3, -0.25) is 4.79 Å². The number of anilines is 1. The average Bonchev–Trinajstić information content (AvgIpc) is 3.10. The van der Waals surface area contributed by atoms with Crippen molar-refractivity contribution in [1.82, 2.24) is 14.5 Å². The fraction of sp³-hybridized carbons (Fsp3) is 0.292. The Kier molecular flexibility index (Phi) is 7.61. The molecule has 0 saturated carbocycles. The zero-order valence-electron chi connectivity index (χ0n) is 20.1. The zero-order valence-corrected chi connectivity index (χ0v) is 20.9. The highest BCUT2D eigenvalue weighted by Crippen LogP contribution is 2.35. The first-order chi connectivity index (χ1) is 16.4. The first-order valence-corrected chi connectivity index (χ1v) is 12.5. The fourth-order valence-electron chi connectivity index (χ4n) is 3.38. The lowest BCUT2D eigenvalue weighted by Crippen LogP contribution is -2.30. The van der Waals surface area contributed by atoms with Gasteiger partial charge in [-0.25, -0.2) is 17.9 Å². The number of aromatic nitrogens is 2. The number of carboxylic acid groups (broad SMARTS) is 1. The molecule has 0 atom stereocenters. The Balaban J connectivity index is 2.20. The van der Waals surface area contributed by atoms with Gasteiger partial charge in [0.1, 0.15) is 10.6 Å². The molecule has 0 aliphatic carbocycles. The van der Waals surface area contributed by atoms with Crippen molar-refractivity contribution in [2.75, 3.05) is 5.32 Å². The lowest BCUT2D eigenvalue weighted by Gasteiger charge is -2.17. The largest absolute Gasteiger partial charge is 0.476 e. The normalized spacial score (nSPS) is 11.5. The molecule has 35 heavy (non-hydrogen) atoms. The van der Waals surface area contributed by atoms with Crippen LogP contribution in [0.25, 0.3) is 5.69 Å². The van der Waals surface area contributed by atoms with Gasteiger partial charge in [-0.1, -0.05) is 25.1 Å². The van der Waals surface area contributed by atoms with Crippen molar-refractivity contribution < 1.29 is 27.9 Å². The maximum atomic E-state index is 13.1. The molecule has 2 aromatic carbocycles. The van der Waals surface area contributed by atoms with Gasteiger partial charge in [0.15, 0.2) is 5.69 Å². The molecular weight excluding hydrogens is 472 g/mol. The van der Waals surface area contributed by atoms with E-state index in [4.69, 9.17) is 4.74 Å². The molecule has 11 heteroatoms. The molecule has 0 aliphatic rings. The molecule has 3 N–H and O–H groups in total. The minimum absolute atomic E-state index is 0.0533. The van der Waals surface area contributed by atoms with Gasteiger partial charge in [0.05, 0.1) is 5.69 Å². The molecule has 3 aromatic rings. The van der Waals surface area contributed by atoms with E-state index in [1.165, 1.54) is 29.8 Å². The number of aryl methyl sites for hydroxylation is 1. The van der Waals surface area contributed by atoms with E-state index < -0.39 is 22.0 Å². The van der Waals surface area contributed by atoms with Crippen molar-refractivity contribution in [3.05, 3.63) is 59.3 Å². The van der Waals surface area contributed by atoms with Crippen LogP contribution in [-0.4, -0.2) is 41.2 Å². The SMILES string of the molecule is CCC(=O)Nc1ccc(Oc2c(C)c(C(=O)O)nn2-c2ccccc2C)c(S(=O)(=O)NC(C)C)c1. The van der Waals surface area contributed by atoms with Crippen molar-refractivity contribution in [3.8, 4) is 17.3 Å². The third-order valence-corrected chi connectivity index (χ3v) is 6.73. The highest BCUT2D eigenvalue weighted by Gasteiger charge is 2.27. The summed E-state index contributed by atoms with van der Waals surface area (Å²) >= 11 is 0. The number of carboxylic acids is 1. The molecule has 0 spiro atoms. The lowest BCUT2D eigenvalue weighted by atomic mass is 10.2. The monoisotopic (exact) mass is 500 g/mol. The molecular formula is C24H28N4O6S. The van der Waals surface area contributed by atoms with Crippen LogP contribution in [-0.2, 0) is 14.8 Å². The van der Waals surface area contributed by atoms with Gasteiger partial charge in [0.2, 0.25) is 21.8 Å². The van der Waals surface area contributed by atoms with Gasteiger partial charge in [0.25, 0.3) is 0 Å². The van der Waals surface area contributed by atoms with Crippen LogP contribution in [0.1, 0.15) is 48.8 Å². The Morgan fingerprint density at radius 3 is 2.43 bits per heavy atom. The Hall–Kier alpha value is -3.70. The van der Waals surface area contributed by atoms with Crippen molar-refractivity contribution in [2.24, 2.45) is 0 Å². The number of carbonyl (C=O) groups is 2. The maximum absolute atomic E-state index is 13.1. The van der Waals surface area contributed by atoms with Gasteiger partial charge >= 0.3 is 5.97 Å². The topological polar surface area (TPSA) is 140 Å². The lowest BCUT2D eigenvalue weighted by molar-refractivity contribution is -0.115. The standard InChI is InChI=1S/C24H28N4O6S/c1-6-21(29)25-17-11-12-19(20(13-17)35(32,33)27-14(2)3)34-23-16(5)22(24(30)31)26-28(23)18-10-8-7-9-15(18)4/h7-14,27H,6H2,1-5H3,(H,25,29)(H,30,31). The van der Waals surface area contributed by atoms with Crippen LogP contribution in [0.3, 0.4) is 0 Å². The predicted octanol–water partition coefficient (Wildman–Crippen LogP) is 4.01. The minimum Gasteiger partial charge on any atom is -0.476 e. The second-order valence-electron chi connectivity index (χ2n) is 8.22. The van der Waals surface area contributed by atoms with E-state index in [0.717, 1.165) is 5.56 Å². The molecule has 1 amide bonds. The van der Waals surface area contributed by atoms with Crippen molar-refractivity contribution in [3.63, 3.8) is 0 Å². The van der Waals surface area contributed by atoms with Crippen molar-refractivity contribution in [1.29, 1.82) is 0 Å². The van der Waals surface area contributed by atoms with Crippen LogP contribution < -0.4 is 14.8 Å². The third kappa shape index (κ3) is 5.69. The smallest absolute Gasteiger partial charge is 0.356 e. The van der Waals surface area contributed by atoms with E-state index in [1.54, 1.807) is 32.9 Å². The van der Waals surface area contributed by atoms with E-state index >= 15 is 0 Å². The first kappa shape index (κ1) is 25.9. The maximum Gasteiger partial charge on any atom is 0.356 e. The van der Waals surface area contributed by atoms with Gasteiger partial charge < -0.3 is 15.2 Å². The Labute approximate surface area is 204 Å². The van der Waals surface area contributed by atoms with Crippen LogP contribution >= 0.6 is 0 Å². The number of ether oxygens (including phenoxy) is 1. The summed E-state index contributed by atoms with van der Waals surface area (Å²) in [6.45, 7) is 8.41. The van der Waals surface area contributed by atoms with E-state index in [2.05, 4.69) is 15.1 Å². The summed E-state index contributed by atoms with van der Waals surface area (Å²) in [6, 6.07) is 11.0. The average molecular weight is 501 g/mol. The van der Waals surface area contributed by atoms with Crippen molar-refractivity contribution >= 4 is 27.6 Å². The molecule has 1 heterocycles. The molecule has 0 saturated heterocycles. The highest BCUT2D eigenvalue weighted by molar-refractivity contribution is 7.89. The van der Waals surface area contributed by atoms with Gasteiger partial charge in [0, 0.05) is 23.7 Å². The summed E-state index contributed by atoms with van der Waals surface area (Å²) in [7, 11) is -4.06. The zero-order chi connectivity index (χ0) is 25.9. The number of hydrogen-bond acceptors (Lipinski definition) is 6. The van der Waals surface area contributed by atoms with Crippen LogP contribution in [0.15, 0.2) is 47.4 Å². The third-order valence-electron chi connectivity index (χ3n) is 5.05. The molecule has 186 valence electrons. The van der Waals surface area contributed by atoms with Crippen LogP contribution in [0, 0.1) is 13.8 Å². The second kappa shape index (κ2) is 10.3. The highest BCUT2D eigenvalue weighted by atomic mass is 32.2. The fourth-order valence-corrected chi connectivity index (χ4v) is 4.78. The number of amides is 1. The number of hydrogen-bond donors (Lipinski definition) is 3. The van der Waals surface area contributed by atoms with E-state index in [-0.39, 0.29) is 45.8 Å². The first-order valence-electron chi connectivity index (χ1n) is 11.0. The van der Waals surface area contributed by atoms with Gasteiger partial charge in [-0.05, 0) is 57.5 Å². The number of benzene rings is 2. The Morgan fingerprint density at radius 2 is 1.83 bits per heavy atom. The summed E-state index contributed by atoms with van der Waals surface area (Å²) in [5, 5.41) is 16.5. The number of para-hydroxylation sites is 1. The van der Waals surface area contributed by atoms with Crippen LogP contribution in [0.2, 0.25) is 0 Å². The molecule has 10 nitrogen and oxygen atoms in total. The summed E-state index contributed by atoms with van der Waals surface area (Å²) in [6.07, 6.45) is 0.220. The Bertz CT molecular complexity index is 1380. The number of rotatable bonds is 9. The van der Waals surface area contributed by atoms with E-state index in [9.17, 15) is 23.1 Å². The molecule has 0 unspecified atom stereocenters. The summed E-state index contributed by atoms with van der Waals surface area (Å²) in [5.74, 6) is -1.52. The summed E-state index contributed by atoms with van der Waals surface area (Å²) < 4.78 is 36.2. The summed E-state index contributed by atoms with van der Waals surface area (Å²) in [4.78, 5) is 23.5. The van der Waals surface area contributed by atoms with E-state index in [1.807, 2.05) is 19.1 Å². The molecule has 0 aliphatic heterocycles. The van der Waals surface area contributed by atoms with Gasteiger partial charge in [-0.15, -0.1) is 0 Å². The number of carbonyl (C=O) groups excluding carboxylic acids is 1. The number of nitrogens with zero attached hydrogens (tertiary/aromatic N) is 2. The molecule has 0 radical (unpaired) electrons. The van der Waals surface area contributed by atoms with Crippen molar-refractivity contribution in [2.45, 2.75) is 52.0 Å². The predicted molar refractivity (Wildman–Crippen MR) is 131 cm³/mol. The number of sulfonamides is 1. The number of aromatic carboxylic acids is 1. The number of nitrogens with one attached hydrogen (secondary N) is 2. The molecule has 3 rings (SSSR count). The second-order valence-corrected chi connectivity index (χ2v) is 9.91. The van der Waals surface area contributed by atoms with Gasteiger partial charge in [-0.2, -0.15) is 9.78 Å².